The lowest BCUT2D eigenvalue weighted by Gasteiger charge is -2.08. The van der Waals surface area contributed by atoms with Gasteiger partial charge in [-0.05, 0) is 54.6 Å². The molecule has 0 aliphatic rings. The van der Waals surface area contributed by atoms with E-state index in [2.05, 4.69) is 10.6 Å². The van der Waals surface area contributed by atoms with Crippen LogP contribution in [0.15, 0.2) is 72.8 Å². The number of amides is 2. The summed E-state index contributed by atoms with van der Waals surface area (Å²) in [6.45, 7) is 0. The third-order valence-corrected chi connectivity index (χ3v) is 3.91. The first-order valence-corrected chi connectivity index (χ1v) is 8.13. The van der Waals surface area contributed by atoms with Gasteiger partial charge in [-0.2, -0.15) is 0 Å². The molecule has 0 unspecified atom stereocenters. The molecule has 3 aromatic rings. The molecule has 0 fully saturated rings. The number of nitrogens with one attached hydrogen (secondary N) is 2. The minimum Gasteiger partial charge on any atom is -0.322 e. The summed E-state index contributed by atoms with van der Waals surface area (Å²) in [5.41, 5.74) is 1.90. The first-order chi connectivity index (χ1) is 12.5. The summed E-state index contributed by atoms with van der Waals surface area (Å²) in [4.78, 5) is 24.3. The zero-order chi connectivity index (χ0) is 18.5. The fourth-order valence-electron chi connectivity index (χ4n) is 2.27. The number of rotatable bonds is 4. The molecule has 0 aliphatic heterocycles. The summed E-state index contributed by atoms with van der Waals surface area (Å²) in [6, 6.07) is 19.2. The number of hydrogen-bond acceptors (Lipinski definition) is 2. The lowest BCUT2D eigenvalue weighted by molar-refractivity contribution is 0.102. The lowest BCUT2D eigenvalue weighted by atomic mass is 10.1. The molecule has 0 atom stereocenters. The Morgan fingerprint density at radius 2 is 1.27 bits per heavy atom. The van der Waals surface area contributed by atoms with E-state index in [0.717, 1.165) is 0 Å². The largest absolute Gasteiger partial charge is 0.322 e. The molecule has 2 amide bonds. The first-order valence-electron chi connectivity index (χ1n) is 7.76. The molecule has 0 saturated carbocycles. The molecule has 130 valence electrons. The van der Waals surface area contributed by atoms with Crippen molar-refractivity contribution in [2.24, 2.45) is 0 Å². The molecule has 2 N–H and O–H groups in total. The molecule has 3 rings (SSSR count). The van der Waals surface area contributed by atoms with E-state index < -0.39 is 5.82 Å². The maximum absolute atomic E-state index is 13.2. The first kappa shape index (κ1) is 17.6. The monoisotopic (exact) mass is 368 g/mol. The Balaban J connectivity index is 1.66. The summed E-state index contributed by atoms with van der Waals surface area (Å²) >= 11 is 5.70. The maximum atomic E-state index is 13.2. The van der Waals surface area contributed by atoms with Crippen LogP contribution < -0.4 is 10.6 Å². The van der Waals surface area contributed by atoms with Gasteiger partial charge in [-0.15, -0.1) is 0 Å². The van der Waals surface area contributed by atoms with E-state index in [1.807, 2.05) is 6.07 Å². The minimum atomic E-state index is -0.553. The van der Waals surface area contributed by atoms with Gasteiger partial charge in [0.15, 0.2) is 0 Å². The van der Waals surface area contributed by atoms with Crippen molar-refractivity contribution in [1.82, 2.24) is 0 Å². The Labute approximate surface area is 154 Å². The number of hydrogen-bond donors (Lipinski definition) is 2. The molecule has 0 bridgehead atoms. The Hall–Kier alpha value is -3.18. The third kappa shape index (κ3) is 4.26. The van der Waals surface area contributed by atoms with Crippen molar-refractivity contribution < 1.29 is 14.0 Å². The van der Waals surface area contributed by atoms with Gasteiger partial charge in [-0.25, -0.2) is 4.39 Å². The summed E-state index contributed by atoms with van der Waals surface area (Å²) in [5.74, 6) is -1.15. The Morgan fingerprint density at radius 1 is 0.731 bits per heavy atom. The van der Waals surface area contributed by atoms with Crippen molar-refractivity contribution in [2.75, 3.05) is 10.6 Å². The van der Waals surface area contributed by atoms with Crippen LogP contribution in [0.25, 0.3) is 0 Å². The molecule has 0 spiro atoms. The molecule has 0 radical (unpaired) electrons. The van der Waals surface area contributed by atoms with Crippen LogP contribution in [0.3, 0.4) is 0 Å². The zero-order valence-corrected chi connectivity index (χ0v) is 14.3. The second-order valence-electron chi connectivity index (χ2n) is 5.48. The predicted molar refractivity (Wildman–Crippen MR) is 100 cm³/mol. The molecule has 4 nitrogen and oxygen atoms in total. The Bertz CT molecular complexity index is 944. The van der Waals surface area contributed by atoms with E-state index in [0.29, 0.717) is 22.5 Å². The average Bonchev–Trinajstić information content (AvgIpc) is 2.66. The smallest absolute Gasteiger partial charge is 0.255 e. The highest BCUT2D eigenvalue weighted by atomic mass is 35.5. The SMILES string of the molecule is O=C(Nc1ccc(C(=O)Nc2ccc(F)c(Cl)c2)cc1)c1ccccc1. The number of halogens is 2. The van der Waals surface area contributed by atoms with Crippen LogP contribution in [-0.4, -0.2) is 11.8 Å². The highest BCUT2D eigenvalue weighted by Gasteiger charge is 2.09. The van der Waals surface area contributed by atoms with Gasteiger partial charge in [0, 0.05) is 22.5 Å². The minimum absolute atomic E-state index is 0.0678. The van der Waals surface area contributed by atoms with Gasteiger partial charge < -0.3 is 10.6 Å². The van der Waals surface area contributed by atoms with Crippen molar-refractivity contribution in [1.29, 1.82) is 0 Å². The fourth-order valence-corrected chi connectivity index (χ4v) is 2.46. The molecular weight excluding hydrogens is 355 g/mol. The van der Waals surface area contributed by atoms with Crippen molar-refractivity contribution in [3.63, 3.8) is 0 Å². The summed E-state index contributed by atoms with van der Waals surface area (Å²) in [6.07, 6.45) is 0. The molecule has 0 heterocycles. The Kier molecular flexibility index (Phi) is 5.29. The second-order valence-corrected chi connectivity index (χ2v) is 5.89. The number of carbonyl (C=O) groups is 2. The van der Waals surface area contributed by atoms with E-state index in [4.69, 9.17) is 11.6 Å². The third-order valence-electron chi connectivity index (χ3n) is 3.62. The summed E-state index contributed by atoms with van der Waals surface area (Å²) in [5, 5.41) is 5.33. The number of anilines is 2. The van der Waals surface area contributed by atoms with E-state index in [-0.39, 0.29) is 16.8 Å². The molecule has 0 saturated heterocycles. The van der Waals surface area contributed by atoms with Crippen LogP contribution in [0.4, 0.5) is 15.8 Å². The average molecular weight is 369 g/mol. The van der Waals surface area contributed by atoms with Gasteiger partial charge in [-0.1, -0.05) is 29.8 Å². The highest BCUT2D eigenvalue weighted by Crippen LogP contribution is 2.20. The van der Waals surface area contributed by atoms with E-state index in [9.17, 15) is 14.0 Å². The van der Waals surface area contributed by atoms with Crippen LogP contribution in [0, 0.1) is 5.82 Å². The van der Waals surface area contributed by atoms with Crippen LogP contribution in [0.1, 0.15) is 20.7 Å². The highest BCUT2D eigenvalue weighted by molar-refractivity contribution is 6.31. The van der Waals surface area contributed by atoms with Crippen LogP contribution in [0.2, 0.25) is 5.02 Å². The quantitative estimate of drug-likeness (QED) is 0.682. The van der Waals surface area contributed by atoms with Gasteiger partial charge >= 0.3 is 0 Å². The number of benzene rings is 3. The van der Waals surface area contributed by atoms with Gasteiger partial charge in [0.1, 0.15) is 5.82 Å². The lowest BCUT2D eigenvalue weighted by Crippen LogP contribution is -2.13. The zero-order valence-electron chi connectivity index (χ0n) is 13.5. The van der Waals surface area contributed by atoms with E-state index in [1.165, 1.54) is 18.2 Å². The number of carbonyl (C=O) groups excluding carboxylic acids is 2. The van der Waals surface area contributed by atoms with Gasteiger partial charge in [0.2, 0.25) is 0 Å². The van der Waals surface area contributed by atoms with Crippen LogP contribution >= 0.6 is 11.6 Å². The van der Waals surface area contributed by atoms with E-state index in [1.54, 1.807) is 48.5 Å². The second kappa shape index (κ2) is 7.80. The van der Waals surface area contributed by atoms with Crippen molar-refractivity contribution >= 4 is 34.8 Å². The van der Waals surface area contributed by atoms with Crippen molar-refractivity contribution in [3.05, 3.63) is 94.8 Å². The van der Waals surface area contributed by atoms with E-state index >= 15 is 0 Å². The summed E-state index contributed by atoms with van der Waals surface area (Å²) < 4.78 is 13.2. The topological polar surface area (TPSA) is 58.2 Å². The van der Waals surface area contributed by atoms with Gasteiger partial charge in [0.05, 0.1) is 5.02 Å². The predicted octanol–water partition coefficient (Wildman–Crippen LogP) is 4.98. The van der Waals surface area contributed by atoms with Crippen molar-refractivity contribution in [3.8, 4) is 0 Å². The van der Waals surface area contributed by atoms with Gasteiger partial charge in [-0.3, -0.25) is 9.59 Å². The molecule has 3 aromatic carbocycles. The molecular formula is C20H14ClFN2O2. The molecule has 0 aromatic heterocycles. The van der Waals surface area contributed by atoms with Crippen molar-refractivity contribution in [2.45, 2.75) is 0 Å². The van der Waals surface area contributed by atoms with Crippen LogP contribution in [0.5, 0.6) is 0 Å². The standard InChI is InChI=1S/C20H14ClFN2O2/c21-17-12-16(10-11-18(17)22)24-20(26)14-6-8-15(9-7-14)23-19(25)13-4-2-1-3-5-13/h1-12H,(H,23,25)(H,24,26). The fraction of sp³-hybridized carbons (Fsp3) is 0. The summed E-state index contributed by atoms with van der Waals surface area (Å²) in [7, 11) is 0. The Morgan fingerprint density at radius 3 is 1.88 bits per heavy atom. The van der Waals surface area contributed by atoms with Gasteiger partial charge in [0.25, 0.3) is 11.8 Å². The molecule has 26 heavy (non-hydrogen) atoms. The van der Waals surface area contributed by atoms with Crippen LogP contribution in [-0.2, 0) is 0 Å². The molecule has 0 aliphatic carbocycles. The maximum Gasteiger partial charge on any atom is 0.255 e. The normalized spacial score (nSPS) is 10.2. The molecule has 6 heteroatoms.